The van der Waals surface area contributed by atoms with E-state index in [4.69, 9.17) is 4.74 Å². The Morgan fingerprint density at radius 1 is 1.21 bits per heavy atom. The number of carbonyl (C=O) groups excluding carboxylic acids is 1. The van der Waals surface area contributed by atoms with E-state index >= 15 is 0 Å². The molecule has 1 fully saturated rings. The molecule has 0 aliphatic carbocycles. The summed E-state index contributed by atoms with van der Waals surface area (Å²) in [6, 6.07) is 6.52. The number of carbonyl (C=O) groups is 1. The third-order valence-electron chi connectivity index (χ3n) is 4.11. The average molecular weight is 332 g/mol. The van der Waals surface area contributed by atoms with E-state index in [2.05, 4.69) is 4.98 Å². The number of hydrogen-bond donors (Lipinski definition) is 0. The number of ether oxygens (including phenoxy) is 1. The topological polar surface area (TPSA) is 42.4 Å². The van der Waals surface area contributed by atoms with E-state index in [0.717, 1.165) is 38.5 Å². The van der Waals surface area contributed by atoms with E-state index in [-0.39, 0.29) is 23.1 Å². The van der Waals surface area contributed by atoms with Crippen molar-refractivity contribution in [3.63, 3.8) is 0 Å². The van der Waals surface area contributed by atoms with Gasteiger partial charge in [-0.2, -0.15) is 0 Å². The molecule has 0 atom stereocenters. The summed E-state index contributed by atoms with van der Waals surface area (Å²) in [4.78, 5) is 17.9. The van der Waals surface area contributed by atoms with Gasteiger partial charge in [-0.25, -0.2) is 13.8 Å². The molecule has 0 spiro atoms. The maximum atomic E-state index is 14.0. The molecule has 3 rings (SSSR count). The van der Waals surface area contributed by atoms with Crippen LogP contribution >= 0.6 is 0 Å². The summed E-state index contributed by atoms with van der Waals surface area (Å²) in [5.74, 6) is -1.66. The first-order chi connectivity index (χ1) is 11.6. The van der Waals surface area contributed by atoms with Gasteiger partial charge in [0.15, 0.2) is 5.82 Å². The fraction of sp³-hybridized carbons (Fsp3) is 0.333. The van der Waals surface area contributed by atoms with Gasteiger partial charge in [-0.1, -0.05) is 6.07 Å². The van der Waals surface area contributed by atoms with Crippen LogP contribution in [0.2, 0.25) is 0 Å². The van der Waals surface area contributed by atoms with Crippen molar-refractivity contribution in [1.29, 1.82) is 0 Å². The summed E-state index contributed by atoms with van der Waals surface area (Å²) in [7, 11) is 0. The van der Waals surface area contributed by atoms with Gasteiger partial charge < -0.3 is 9.64 Å². The number of nitrogens with zero attached hydrogens (tertiary/aromatic N) is 2. The van der Waals surface area contributed by atoms with Gasteiger partial charge in [0.1, 0.15) is 11.6 Å². The second-order valence-electron chi connectivity index (χ2n) is 5.83. The smallest absolute Gasteiger partial charge is 0.256 e. The number of aromatic nitrogens is 1. The standard InChI is InChI=1S/C18H18F2N2O2/c1-12-15(19)11-21-17(16(12)20)24-14-7-5-6-13(10-14)18(23)22-8-3-2-4-9-22/h5-7,10-11H,2-4,8-9H2,1H3. The van der Waals surface area contributed by atoms with E-state index in [9.17, 15) is 13.6 Å². The normalized spacial score (nSPS) is 14.5. The summed E-state index contributed by atoms with van der Waals surface area (Å²) in [6.07, 6.45) is 4.07. The number of benzene rings is 1. The molecule has 1 saturated heterocycles. The van der Waals surface area contributed by atoms with Crippen molar-refractivity contribution in [2.24, 2.45) is 0 Å². The van der Waals surface area contributed by atoms with Crippen LogP contribution in [0.5, 0.6) is 11.6 Å². The summed E-state index contributed by atoms with van der Waals surface area (Å²) in [6.45, 7) is 2.81. The van der Waals surface area contributed by atoms with Gasteiger partial charge in [0.05, 0.1) is 6.20 Å². The Bertz CT molecular complexity index is 759. The molecule has 126 valence electrons. The van der Waals surface area contributed by atoms with E-state index < -0.39 is 11.6 Å². The first-order valence-electron chi connectivity index (χ1n) is 7.94. The van der Waals surface area contributed by atoms with Gasteiger partial charge in [-0.3, -0.25) is 4.79 Å². The van der Waals surface area contributed by atoms with Crippen LogP contribution in [-0.2, 0) is 0 Å². The third-order valence-corrected chi connectivity index (χ3v) is 4.11. The first kappa shape index (κ1) is 16.4. The minimum Gasteiger partial charge on any atom is -0.436 e. The second-order valence-corrected chi connectivity index (χ2v) is 5.83. The predicted molar refractivity (Wildman–Crippen MR) is 85.2 cm³/mol. The summed E-state index contributed by atoms with van der Waals surface area (Å²) in [5, 5.41) is 0. The minimum absolute atomic E-state index is 0.0659. The second kappa shape index (κ2) is 6.95. The lowest BCUT2D eigenvalue weighted by atomic mass is 10.1. The van der Waals surface area contributed by atoms with Crippen molar-refractivity contribution in [3.05, 3.63) is 53.2 Å². The van der Waals surface area contributed by atoms with Crippen LogP contribution in [0, 0.1) is 18.6 Å². The maximum absolute atomic E-state index is 14.0. The molecule has 4 nitrogen and oxygen atoms in total. The zero-order valence-corrected chi connectivity index (χ0v) is 13.4. The Morgan fingerprint density at radius 3 is 2.71 bits per heavy atom. The van der Waals surface area contributed by atoms with Gasteiger partial charge in [-0.15, -0.1) is 0 Å². The van der Waals surface area contributed by atoms with Crippen LogP contribution in [0.4, 0.5) is 8.78 Å². The van der Waals surface area contributed by atoms with Crippen molar-refractivity contribution < 1.29 is 18.3 Å². The molecule has 0 radical (unpaired) electrons. The number of likely N-dealkylation sites (tertiary alicyclic amines) is 1. The average Bonchev–Trinajstić information content (AvgIpc) is 2.62. The highest BCUT2D eigenvalue weighted by molar-refractivity contribution is 5.94. The Morgan fingerprint density at radius 2 is 1.96 bits per heavy atom. The van der Waals surface area contributed by atoms with Crippen molar-refractivity contribution in [1.82, 2.24) is 9.88 Å². The fourth-order valence-corrected chi connectivity index (χ4v) is 2.69. The zero-order valence-electron chi connectivity index (χ0n) is 13.4. The fourth-order valence-electron chi connectivity index (χ4n) is 2.69. The zero-order chi connectivity index (χ0) is 17.1. The molecule has 6 heteroatoms. The highest BCUT2D eigenvalue weighted by atomic mass is 19.1. The maximum Gasteiger partial charge on any atom is 0.256 e. The van der Waals surface area contributed by atoms with Crippen LogP contribution in [0.25, 0.3) is 0 Å². The number of hydrogen-bond acceptors (Lipinski definition) is 3. The number of rotatable bonds is 3. The third kappa shape index (κ3) is 3.37. The monoisotopic (exact) mass is 332 g/mol. The van der Waals surface area contributed by atoms with Crippen LogP contribution in [0.15, 0.2) is 30.5 Å². The van der Waals surface area contributed by atoms with Crippen molar-refractivity contribution >= 4 is 5.91 Å². The summed E-state index contributed by atoms with van der Waals surface area (Å²) >= 11 is 0. The molecular weight excluding hydrogens is 314 g/mol. The molecule has 24 heavy (non-hydrogen) atoms. The molecule has 0 bridgehead atoms. The van der Waals surface area contributed by atoms with Gasteiger partial charge in [0.25, 0.3) is 11.8 Å². The largest absolute Gasteiger partial charge is 0.436 e. The van der Waals surface area contributed by atoms with E-state index in [0.29, 0.717) is 5.56 Å². The lowest BCUT2D eigenvalue weighted by molar-refractivity contribution is 0.0724. The minimum atomic E-state index is -0.845. The molecular formula is C18H18F2N2O2. The van der Waals surface area contributed by atoms with Gasteiger partial charge in [0.2, 0.25) is 0 Å². The molecule has 0 saturated carbocycles. The Balaban J connectivity index is 1.80. The summed E-state index contributed by atoms with van der Waals surface area (Å²) in [5.41, 5.74) is 0.328. The van der Waals surface area contributed by atoms with Crippen molar-refractivity contribution in [2.75, 3.05) is 13.1 Å². The lowest BCUT2D eigenvalue weighted by Gasteiger charge is -2.26. The molecule has 0 N–H and O–H groups in total. The highest BCUT2D eigenvalue weighted by Gasteiger charge is 2.19. The lowest BCUT2D eigenvalue weighted by Crippen LogP contribution is -2.35. The van der Waals surface area contributed by atoms with Crippen LogP contribution in [0.1, 0.15) is 35.2 Å². The van der Waals surface area contributed by atoms with Crippen molar-refractivity contribution in [2.45, 2.75) is 26.2 Å². The number of pyridine rings is 1. The number of amides is 1. The molecule has 0 unspecified atom stereocenters. The molecule has 1 amide bonds. The first-order valence-corrected chi connectivity index (χ1v) is 7.94. The molecule has 1 aromatic carbocycles. The molecule has 2 heterocycles. The Kier molecular flexibility index (Phi) is 4.74. The Hall–Kier alpha value is -2.50. The van der Waals surface area contributed by atoms with Gasteiger partial charge in [0, 0.05) is 24.2 Å². The van der Waals surface area contributed by atoms with Crippen LogP contribution in [0.3, 0.4) is 0 Å². The van der Waals surface area contributed by atoms with Gasteiger partial charge >= 0.3 is 0 Å². The molecule has 1 aliphatic rings. The quantitative estimate of drug-likeness (QED) is 0.850. The summed E-state index contributed by atoms with van der Waals surface area (Å²) < 4.78 is 32.7. The molecule has 2 aromatic rings. The van der Waals surface area contributed by atoms with Crippen molar-refractivity contribution in [3.8, 4) is 11.6 Å². The van der Waals surface area contributed by atoms with Gasteiger partial charge in [-0.05, 0) is 44.4 Å². The van der Waals surface area contributed by atoms with E-state index in [1.54, 1.807) is 24.3 Å². The SMILES string of the molecule is Cc1c(F)cnc(Oc2cccc(C(=O)N3CCCCC3)c2)c1F. The van der Waals surface area contributed by atoms with E-state index in [1.165, 1.54) is 6.92 Å². The molecule has 1 aromatic heterocycles. The number of piperidine rings is 1. The highest BCUT2D eigenvalue weighted by Crippen LogP contribution is 2.26. The number of halogens is 2. The molecule has 1 aliphatic heterocycles. The van der Waals surface area contributed by atoms with Crippen LogP contribution in [-0.4, -0.2) is 28.9 Å². The van der Waals surface area contributed by atoms with Crippen LogP contribution < -0.4 is 4.74 Å². The van der Waals surface area contributed by atoms with E-state index in [1.807, 2.05) is 4.90 Å². The predicted octanol–water partition coefficient (Wildman–Crippen LogP) is 4.09. The Labute approximate surface area is 139 Å².